The minimum Gasteiger partial charge on any atom is -0.363 e. The Morgan fingerprint density at radius 3 is 2.65 bits per heavy atom. The van der Waals surface area contributed by atoms with E-state index in [9.17, 15) is 9.59 Å². The average Bonchev–Trinajstić information content (AvgIpc) is 2.94. The van der Waals surface area contributed by atoms with E-state index in [0.29, 0.717) is 15.0 Å². The largest absolute Gasteiger partial charge is 0.363 e. The molecule has 0 spiro atoms. The lowest BCUT2D eigenvalue weighted by atomic mass is 10.2. The first kappa shape index (κ1) is 14.5. The van der Waals surface area contributed by atoms with Crippen LogP contribution in [0, 0.1) is 0 Å². The van der Waals surface area contributed by atoms with Gasteiger partial charge in [-0.05, 0) is 12.1 Å². The van der Waals surface area contributed by atoms with E-state index in [2.05, 4.69) is 20.8 Å². The molecule has 1 aromatic heterocycles. The van der Waals surface area contributed by atoms with Crippen LogP contribution in [0.3, 0.4) is 0 Å². The number of hydrogen-bond donors (Lipinski definition) is 2. The summed E-state index contributed by atoms with van der Waals surface area (Å²) in [4.78, 5) is 23.4. The average molecular weight is 308 g/mol. The predicted molar refractivity (Wildman–Crippen MR) is 79.1 cm³/mol. The van der Waals surface area contributed by atoms with Crippen molar-refractivity contribution in [1.82, 2.24) is 15.5 Å². The van der Waals surface area contributed by atoms with Crippen LogP contribution in [0.1, 0.15) is 10.4 Å². The maximum atomic E-state index is 11.7. The second kappa shape index (κ2) is 7.01. The molecule has 0 atom stereocenters. The maximum absolute atomic E-state index is 11.7. The van der Waals surface area contributed by atoms with Crippen LogP contribution in [0.2, 0.25) is 0 Å². The van der Waals surface area contributed by atoms with Crippen LogP contribution >= 0.6 is 23.1 Å². The molecule has 104 valence electrons. The third-order valence-corrected chi connectivity index (χ3v) is 4.31. The molecule has 0 aliphatic rings. The lowest BCUT2D eigenvalue weighted by Crippen LogP contribution is -2.31. The van der Waals surface area contributed by atoms with Crippen molar-refractivity contribution < 1.29 is 9.59 Å². The van der Waals surface area contributed by atoms with E-state index in [1.54, 1.807) is 31.3 Å². The minimum absolute atomic E-state index is 0.122. The molecule has 6 nitrogen and oxygen atoms in total. The third kappa shape index (κ3) is 4.04. The Morgan fingerprint density at radius 2 is 2.00 bits per heavy atom. The molecule has 0 aliphatic carbocycles. The fourth-order valence-electron chi connectivity index (χ4n) is 1.32. The van der Waals surface area contributed by atoms with Gasteiger partial charge in [0.2, 0.25) is 11.0 Å². The first-order valence-corrected chi connectivity index (χ1v) is 7.52. The molecule has 20 heavy (non-hydrogen) atoms. The van der Waals surface area contributed by atoms with Crippen molar-refractivity contribution in [1.29, 1.82) is 0 Å². The van der Waals surface area contributed by atoms with Gasteiger partial charge in [-0.3, -0.25) is 14.9 Å². The summed E-state index contributed by atoms with van der Waals surface area (Å²) in [5.74, 6) is -0.633. The van der Waals surface area contributed by atoms with Crippen molar-refractivity contribution in [3.05, 3.63) is 35.9 Å². The number of anilines is 1. The molecule has 2 amide bonds. The number of carbonyl (C=O) groups is 2. The molecule has 0 saturated heterocycles. The molecule has 0 saturated carbocycles. The van der Waals surface area contributed by atoms with Gasteiger partial charge in [-0.25, -0.2) is 0 Å². The van der Waals surface area contributed by atoms with Gasteiger partial charge in [-0.15, -0.1) is 10.2 Å². The van der Waals surface area contributed by atoms with Crippen molar-refractivity contribution in [2.45, 2.75) is 4.34 Å². The summed E-state index contributed by atoms with van der Waals surface area (Å²) in [5.41, 5.74) is 0.458. The van der Waals surface area contributed by atoms with Gasteiger partial charge in [0.25, 0.3) is 5.91 Å². The fourth-order valence-corrected chi connectivity index (χ4v) is 2.83. The monoisotopic (exact) mass is 308 g/mol. The van der Waals surface area contributed by atoms with Gasteiger partial charge < -0.3 is 5.32 Å². The zero-order chi connectivity index (χ0) is 14.4. The summed E-state index contributed by atoms with van der Waals surface area (Å²) in [7, 11) is 1.75. The first-order chi connectivity index (χ1) is 9.69. The summed E-state index contributed by atoms with van der Waals surface area (Å²) < 4.78 is 0.677. The van der Waals surface area contributed by atoms with E-state index >= 15 is 0 Å². The lowest BCUT2D eigenvalue weighted by Gasteiger charge is -2.02. The van der Waals surface area contributed by atoms with Crippen LogP contribution in [0.4, 0.5) is 5.13 Å². The number of nitrogens with zero attached hydrogens (tertiary/aromatic N) is 2. The third-order valence-electron chi connectivity index (χ3n) is 2.24. The van der Waals surface area contributed by atoms with Crippen molar-refractivity contribution >= 4 is 40.0 Å². The topological polar surface area (TPSA) is 84.0 Å². The number of imide groups is 1. The molecule has 1 aromatic carbocycles. The van der Waals surface area contributed by atoms with Gasteiger partial charge in [0, 0.05) is 12.6 Å². The number of carbonyl (C=O) groups excluding carboxylic acids is 2. The SMILES string of the molecule is CNc1nnc(SCC(=O)NC(=O)c2ccccc2)s1. The zero-order valence-corrected chi connectivity index (χ0v) is 12.3. The van der Waals surface area contributed by atoms with E-state index in [1.165, 1.54) is 23.1 Å². The smallest absolute Gasteiger partial charge is 0.257 e. The molecule has 0 aliphatic heterocycles. The highest BCUT2D eigenvalue weighted by Gasteiger charge is 2.11. The number of aromatic nitrogens is 2. The van der Waals surface area contributed by atoms with Crippen molar-refractivity contribution in [2.75, 3.05) is 18.1 Å². The van der Waals surface area contributed by atoms with Gasteiger partial charge in [0.05, 0.1) is 5.75 Å². The molecule has 0 bridgehead atoms. The number of benzene rings is 1. The standard InChI is InChI=1S/C12H12N4O2S2/c1-13-11-15-16-12(20-11)19-7-9(17)14-10(18)8-5-3-2-4-6-8/h2-6H,7H2,1H3,(H,13,15)(H,14,17,18). The number of nitrogens with one attached hydrogen (secondary N) is 2. The molecule has 2 aromatic rings. The summed E-state index contributed by atoms with van der Waals surface area (Å²) >= 11 is 2.60. The van der Waals surface area contributed by atoms with Gasteiger partial charge in [0.15, 0.2) is 4.34 Å². The number of hydrogen-bond acceptors (Lipinski definition) is 7. The molecule has 0 unspecified atom stereocenters. The molecule has 0 fully saturated rings. The highest BCUT2D eigenvalue weighted by Crippen LogP contribution is 2.24. The Morgan fingerprint density at radius 1 is 1.25 bits per heavy atom. The van der Waals surface area contributed by atoms with Crippen molar-refractivity contribution in [3.63, 3.8) is 0 Å². The van der Waals surface area contributed by atoms with E-state index in [4.69, 9.17) is 0 Å². The molecule has 1 heterocycles. The van der Waals surface area contributed by atoms with Crippen LogP contribution in [0.25, 0.3) is 0 Å². The predicted octanol–water partition coefficient (Wildman–Crippen LogP) is 1.63. The van der Waals surface area contributed by atoms with Crippen LogP contribution in [-0.2, 0) is 4.79 Å². The van der Waals surface area contributed by atoms with Gasteiger partial charge in [0.1, 0.15) is 0 Å². The Labute approximate surface area is 124 Å². The molecule has 2 N–H and O–H groups in total. The van der Waals surface area contributed by atoms with Crippen molar-refractivity contribution in [2.24, 2.45) is 0 Å². The van der Waals surface area contributed by atoms with Gasteiger partial charge >= 0.3 is 0 Å². The van der Waals surface area contributed by atoms with E-state index in [0.717, 1.165) is 0 Å². The highest BCUT2D eigenvalue weighted by molar-refractivity contribution is 8.01. The van der Waals surface area contributed by atoms with Crippen LogP contribution < -0.4 is 10.6 Å². The molecule has 0 radical (unpaired) electrons. The molecular formula is C12H12N4O2S2. The van der Waals surface area contributed by atoms with Crippen LogP contribution in [0.5, 0.6) is 0 Å². The zero-order valence-electron chi connectivity index (χ0n) is 10.6. The minimum atomic E-state index is -0.399. The summed E-state index contributed by atoms with van der Waals surface area (Å²) in [6.45, 7) is 0. The summed E-state index contributed by atoms with van der Waals surface area (Å²) in [5, 5.41) is 13.6. The maximum Gasteiger partial charge on any atom is 0.257 e. The quantitative estimate of drug-likeness (QED) is 0.817. The Kier molecular flexibility index (Phi) is 5.08. The van der Waals surface area contributed by atoms with E-state index < -0.39 is 5.91 Å². The molecule has 2 rings (SSSR count). The Bertz CT molecular complexity index is 601. The lowest BCUT2D eigenvalue weighted by molar-refractivity contribution is -0.117. The Balaban J connectivity index is 1.82. The number of thioether (sulfide) groups is 1. The number of amides is 2. The Hall–Kier alpha value is -1.93. The summed E-state index contributed by atoms with van der Waals surface area (Å²) in [6.07, 6.45) is 0. The normalized spacial score (nSPS) is 10.1. The van der Waals surface area contributed by atoms with Gasteiger partial charge in [-0.2, -0.15) is 0 Å². The molecular weight excluding hydrogens is 296 g/mol. The number of rotatable bonds is 5. The second-order valence-electron chi connectivity index (χ2n) is 3.66. The van der Waals surface area contributed by atoms with E-state index in [1.807, 2.05) is 6.07 Å². The van der Waals surface area contributed by atoms with Gasteiger partial charge in [-0.1, -0.05) is 41.3 Å². The van der Waals surface area contributed by atoms with Crippen LogP contribution in [0.15, 0.2) is 34.7 Å². The van der Waals surface area contributed by atoms with Crippen LogP contribution in [-0.4, -0.2) is 34.8 Å². The summed E-state index contributed by atoms with van der Waals surface area (Å²) in [6, 6.07) is 8.60. The first-order valence-electron chi connectivity index (χ1n) is 5.72. The van der Waals surface area contributed by atoms with E-state index in [-0.39, 0.29) is 11.7 Å². The van der Waals surface area contributed by atoms with Crippen molar-refractivity contribution in [3.8, 4) is 0 Å². The second-order valence-corrected chi connectivity index (χ2v) is 5.86. The highest BCUT2D eigenvalue weighted by atomic mass is 32.2. The fraction of sp³-hybridized carbons (Fsp3) is 0.167. The molecule has 8 heteroatoms.